The third kappa shape index (κ3) is 2.85. The van der Waals surface area contributed by atoms with E-state index in [9.17, 15) is 13.6 Å². The van der Waals surface area contributed by atoms with Gasteiger partial charge in [-0.05, 0) is 31.2 Å². The Labute approximate surface area is 108 Å². The molecule has 0 atom stereocenters. The van der Waals surface area contributed by atoms with Crippen molar-refractivity contribution in [1.82, 2.24) is 10.4 Å². The molecule has 2 N–H and O–H groups in total. The predicted molar refractivity (Wildman–Crippen MR) is 66.8 cm³/mol. The lowest BCUT2D eigenvalue weighted by molar-refractivity contribution is 0.0950. The topological polar surface area (TPSA) is 57.2 Å². The number of carbonyl (C=O) groups excluding carboxylic acids is 1. The van der Waals surface area contributed by atoms with Crippen LogP contribution in [0.1, 0.15) is 23.0 Å². The Kier molecular flexibility index (Phi) is 3.70. The van der Waals surface area contributed by atoms with Crippen LogP contribution in [-0.4, -0.2) is 16.6 Å². The van der Waals surface area contributed by atoms with Gasteiger partial charge < -0.3 is 4.98 Å². The quantitative estimate of drug-likeness (QED) is 0.648. The number of aromatic amines is 1. The third-order valence-corrected chi connectivity index (χ3v) is 2.49. The summed E-state index contributed by atoms with van der Waals surface area (Å²) in [6.45, 7) is 1.41. The van der Waals surface area contributed by atoms with Crippen molar-refractivity contribution in [3.8, 4) is 0 Å². The molecule has 1 aromatic carbocycles. The van der Waals surface area contributed by atoms with Gasteiger partial charge in [0, 0.05) is 6.20 Å². The molecule has 0 aliphatic heterocycles. The Bertz CT molecular complexity index is 601. The van der Waals surface area contributed by atoms with Gasteiger partial charge in [-0.1, -0.05) is 6.07 Å². The summed E-state index contributed by atoms with van der Waals surface area (Å²) >= 11 is 0. The highest BCUT2D eigenvalue weighted by Crippen LogP contribution is 2.12. The van der Waals surface area contributed by atoms with E-state index in [1.807, 2.05) is 0 Å². The molecule has 6 heteroatoms. The van der Waals surface area contributed by atoms with E-state index in [-0.39, 0.29) is 11.3 Å². The van der Waals surface area contributed by atoms with Crippen molar-refractivity contribution in [3.63, 3.8) is 0 Å². The largest absolute Gasteiger partial charge is 0.357 e. The van der Waals surface area contributed by atoms with E-state index in [2.05, 4.69) is 15.5 Å². The number of nitrogens with one attached hydrogen (secondary N) is 2. The number of amides is 1. The number of hydrogen-bond acceptors (Lipinski definition) is 2. The maximum Gasteiger partial charge on any atom is 0.287 e. The zero-order valence-corrected chi connectivity index (χ0v) is 10.1. The van der Waals surface area contributed by atoms with Crippen LogP contribution in [0.5, 0.6) is 0 Å². The van der Waals surface area contributed by atoms with E-state index in [0.29, 0.717) is 5.69 Å². The SMILES string of the molecule is C/C(=N/NC(=O)c1ccc[nH]1)c1c(F)cccc1F. The molecule has 19 heavy (non-hydrogen) atoms. The second-order valence-corrected chi connectivity index (χ2v) is 3.82. The summed E-state index contributed by atoms with van der Waals surface area (Å²) < 4.78 is 26.9. The molecule has 1 amide bonds. The first-order valence-corrected chi connectivity index (χ1v) is 5.52. The molecule has 0 bridgehead atoms. The minimum atomic E-state index is -0.727. The summed E-state index contributed by atoms with van der Waals surface area (Å²) in [5, 5.41) is 3.69. The van der Waals surface area contributed by atoms with Crippen molar-refractivity contribution in [2.24, 2.45) is 5.10 Å². The summed E-state index contributed by atoms with van der Waals surface area (Å²) in [6.07, 6.45) is 1.59. The molecule has 0 fully saturated rings. The van der Waals surface area contributed by atoms with Crippen LogP contribution >= 0.6 is 0 Å². The summed E-state index contributed by atoms with van der Waals surface area (Å²) in [5.41, 5.74) is 2.33. The van der Waals surface area contributed by atoms with Crippen molar-refractivity contribution < 1.29 is 13.6 Å². The first-order chi connectivity index (χ1) is 9.09. The smallest absolute Gasteiger partial charge is 0.287 e. The first kappa shape index (κ1) is 12.9. The summed E-state index contributed by atoms with van der Waals surface area (Å²) in [5.74, 6) is -1.94. The number of carbonyl (C=O) groups is 1. The number of hydrogen-bond donors (Lipinski definition) is 2. The van der Waals surface area contributed by atoms with Crippen molar-refractivity contribution >= 4 is 11.6 Å². The lowest BCUT2D eigenvalue weighted by Gasteiger charge is -2.04. The molecule has 2 rings (SSSR count). The van der Waals surface area contributed by atoms with Crippen molar-refractivity contribution in [3.05, 3.63) is 59.4 Å². The van der Waals surface area contributed by atoms with Crippen LogP contribution in [0.25, 0.3) is 0 Å². The number of H-pyrrole nitrogens is 1. The van der Waals surface area contributed by atoms with Gasteiger partial charge in [0.05, 0.1) is 11.3 Å². The highest BCUT2D eigenvalue weighted by Gasteiger charge is 2.12. The van der Waals surface area contributed by atoms with Gasteiger partial charge >= 0.3 is 0 Å². The highest BCUT2D eigenvalue weighted by molar-refractivity contribution is 6.00. The van der Waals surface area contributed by atoms with Crippen LogP contribution in [0.2, 0.25) is 0 Å². The number of hydrazone groups is 1. The van der Waals surface area contributed by atoms with Crippen LogP contribution in [0.3, 0.4) is 0 Å². The molecular weight excluding hydrogens is 252 g/mol. The van der Waals surface area contributed by atoms with E-state index >= 15 is 0 Å². The standard InChI is InChI=1S/C13H11F2N3O/c1-8(12-9(14)4-2-5-10(12)15)17-18-13(19)11-6-3-7-16-11/h2-7,16H,1H3,(H,18,19)/b17-8-. The van der Waals surface area contributed by atoms with Crippen molar-refractivity contribution in [2.45, 2.75) is 6.92 Å². The predicted octanol–water partition coefficient (Wildman–Crippen LogP) is 2.45. The van der Waals surface area contributed by atoms with Crippen molar-refractivity contribution in [1.29, 1.82) is 0 Å². The first-order valence-electron chi connectivity index (χ1n) is 5.52. The minimum absolute atomic E-state index is 0.0514. The van der Waals surface area contributed by atoms with Crippen LogP contribution in [0, 0.1) is 11.6 Å². The lowest BCUT2D eigenvalue weighted by atomic mass is 10.1. The zero-order chi connectivity index (χ0) is 13.8. The van der Waals surface area contributed by atoms with Gasteiger partial charge in [0.2, 0.25) is 0 Å². The molecule has 4 nitrogen and oxygen atoms in total. The third-order valence-electron chi connectivity index (χ3n) is 2.49. The molecule has 0 radical (unpaired) electrons. The average Bonchev–Trinajstić information content (AvgIpc) is 2.89. The molecule has 0 saturated heterocycles. The van der Waals surface area contributed by atoms with Gasteiger partial charge in [-0.25, -0.2) is 14.2 Å². The number of aromatic nitrogens is 1. The van der Waals surface area contributed by atoms with Gasteiger partial charge in [0.1, 0.15) is 17.3 Å². The van der Waals surface area contributed by atoms with Gasteiger partial charge in [0.15, 0.2) is 0 Å². The molecule has 0 spiro atoms. The lowest BCUT2D eigenvalue weighted by Crippen LogP contribution is -2.20. The molecular formula is C13H11F2N3O. The molecule has 2 aromatic rings. The number of benzene rings is 1. The Morgan fingerprint density at radius 2 is 1.89 bits per heavy atom. The Balaban J connectivity index is 2.18. The van der Waals surface area contributed by atoms with Crippen LogP contribution in [0.15, 0.2) is 41.6 Å². The molecule has 0 aliphatic rings. The van der Waals surface area contributed by atoms with Gasteiger partial charge in [-0.15, -0.1) is 0 Å². The van der Waals surface area contributed by atoms with E-state index in [1.54, 1.807) is 18.3 Å². The fourth-order valence-electron chi connectivity index (χ4n) is 1.57. The maximum atomic E-state index is 13.5. The van der Waals surface area contributed by atoms with E-state index in [0.717, 1.165) is 12.1 Å². The van der Waals surface area contributed by atoms with Crippen LogP contribution in [-0.2, 0) is 0 Å². The zero-order valence-electron chi connectivity index (χ0n) is 10.1. The molecule has 0 saturated carbocycles. The monoisotopic (exact) mass is 263 g/mol. The Morgan fingerprint density at radius 3 is 2.47 bits per heavy atom. The normalized spacial score (nSPS) is 11.4. The second kappa shape index (κ2) is 5.43. The van der Waals surface area contributed by atoms with Gasteiger partial charge in [-0.3, -0.25) is 4.79 Å². The second-order valence-electron chi connectivity index (χ2n) is 3.82. The Hall–Kier alpha value is -2.50. The van der Waals surface area contributed by atoms with Crippen LogP contribution < -0.4 is 5.43 Å². The highest BCUT2D eigenvalue weighted by atomic mass is 19.1. The number of nitrogens with zero attached hydrogens (tertiary/aromatic N) is 1. The van der Waals surface area contributed by atoms with Crippen LogP contribution in [0.4, 0.5) is 8.78 Å². The van der Waals surface area contributed by atoms with Crippen molar-refractivity contribution in [2.75, 3.05) is 0 Å². The molecule has 0 unspecified atom stereocenters. The van der Waals surface area contributed by atoms with E-state index in [1.165, 1.54) is 13.0 Å². The fraction of sp³-hybridized carbons (Fsp3) is 0.0769. The van der Waals surface area contributed by atoms with E-state index in [4.69, 9.17) is 0 Å². The molecule has 1 aromatic heterocycles. The molecule has 1 heterocycles. The summed E-state index contributed by atoms with van der Waals surface area (Å²) in [7, 11) is 0. The molecule has 0 aliphatic carbocycles. The summed E-state index contributed by atoms with van der Waals surface area (Å²) in [4.78, 5) is 14.3. The molecule has 98 valence electrons. The summed E-state index contributed by atoms with van der Waals surface area (Å²) in [6, 6.07) is 6.74. The average molecular weight is 263 g/mol. The van der Waals surface area contributed by atoms with Gasteiger partial charge in [0.25, 0.3) is 5.91 Å². The number of halogens is 2. The van der Waals surface area contributed by atoms with E-state index < -0.39 is 17.5 Å². The number of rotatable bonds is 3. The fourth-order valence-corrected chi connectivity index (χ4v) is 1.57. The Morgan fingerprint density at radius 1 is 1.21 bits per heavy atom. The maximum absolute atomic E-state index is 13.5. The minimum Gasteiger partial charge on any atom is -0.357 e. The van der Waals surface area contributed by atoms with Gasteiger partial charge in [-0.2, -0.15) is 5.10 Å².